The number of amides is 2. The summed E-state index contributed by atoms with van der Waals surface area (Å²) in [6.45, 7) is 1.65. The van der Waals surface area contributed by atoms with Crippen LogP contribution in [-0.2, 0) is 9.53 Å². The fourth-order valence-electron chi connectivity index (χ4n) is 3.18. The molecule has 4 atom stereocenters. The van der Waals surface area contributed by atoms with Gasteiger partial charge in [-0.15, -0.1) is 0 Å². The van der Waals surface area contributed by atoms with Crippen LogP contribution in [0.5, 0.6) is 0 Å². The number of aliphatic hydroxyl groups excluding tert-OH is 1. The van der Waals surface area contributed by atoms with Crippen LogP contribution in [0.1, 0.15) is 35.3 Å². The summed E-state index contributed by atoms with van der Waals surface area (Å²) in [4.78, 5) is 28.6. The minimum absolute atomic E-state index is 0.114. The maximum Gasteiger partial charge on any atom is 0.253 e. The largest absolute Gasteiger partial charge is 0.394 e. The maximum absolute atomic E-state index is 12.4. The van der Waals surface area contributed by atoms with Crippen molar-refractivity contribution in [1.29, 1.82) is 0 Å². The maximum atomic E-state index is 12.4. The molecule has 0 aliphatic carbocycles. The van der Waals surface area contributed by atoms with Crippen LogP contribution in [0, 0.1) is 0 Å². The molecule has 7 heteroatoms. The van der Waals surface area contributed by atoms with Crippen molar-refractivity contribution in [3.05, 3.63) is 78.1 Å². The molecule has 2 amide bonds. The first-order valence-corrected chi connectivity index (χ1v) is 9.56. The highest BCUT2D eigenvalue weighted by Gasteiger charge is 2.29. The molecule has 0 saturated carbocycles. The summed E-state index contributed by atoms with van der Waals surface area (Å²) in [7, 11) is 0. The van der Waals surface area contributed by atoms with Crippen molar-refractivity contribution in [3.63, 3.8) is 0 Å². The van der Waals surface area contributed by atoms with Crippen molar-refractivity contribution in [1.82, 2.24) is 15.6 Å². The first-order valence-electron chi connectivity index (χ1n) is 9.56. The van der Waals surface area contributed by atoms with Crippen LogP contribution >= 0.6 is 0 Å². The lowest BCUT2D eigenvalue weighted by Gasteiger charge is -2.31. The minimum atomic E-state index is -0.634. The number of ether oxygens (including phenoxy) is 1. The molecule has 1 aliphatic heterocycles. The topological polar surface area (TPSA) is 101 Å². The van der Waals surface area contributed by atoms with E-state index in [1.807, 2.05) is 37.3 Å². The number of nitrogens with one attached hydrogen (secondary N) is 2. The summed E-state index contributed by atoms with van der Waals surface area (Å²) >= 11 is 0. The summed E-state index contributed by atoms with van der Waals surface area (Å²) in [5.74, 6) is -0.451. The number of hydrogen-bond acceptors (Lipinski definition) is 5. The zero-order chi connectivity index (χ0) is 20.6. The molecule has 1 aliphatic rings. The fourth-order valence-corrected chi connectivity index (χ4v) is 3.18. The third-order valence-electron chi connectivity index (χ3n) is 4.75. The van der Waals surface area contributed by atoms with Crippen LogP contribution in [0.2, 0.25) is 0 Å². The number of carbonyl (C=O) groups excluding carboxylic acids is 2. The molecule has 3 N–H and O–H groups in total. The van der Waals surface area contributed by atoms with Crippen molar-refractivity contribution < 1.29 is 19.4 Å². The Balaban J connectivity index is 1.55. The van der Waals surface area contributed by atoms with E-state index in [1.165, 1.54) is 6.20 Å². The zero-order valence-corrected chi connectivity index (χ0v) is 16.2. The molecule has 29 heavy (non-hydrogen) atoms. The van der Waals surface area contributed by atoms with Crippen molar-refractivity contribution >= 4 is 11.8 Å². The highest BCUT2D eigenvalue weighted by atomic mass is 16.5. The number of nitrogens with zero attached hydrogens (tertiary/aromatic N) is 1. The third kappa shape index (κ3) is 5.73. The number of benzene rings is 1. The Kier molecular flexibility index (Phi) is 7.10. The predicted octanol–water partition coefficient (Wildman–Crippen LogP) is 1.76. The molecular formula is C22H25N3O4. The summed E-state index contributed by atoms with van der Waals surface area (Å²) in [6, 6.07) is 12.4. The lowest BCUT2D eigenvalue weighted by atomic mass is 10.0. The lowest BCUT2D eigenvalue weighted by Crippen LogP contribution is -2.49. The molecule has 152 valence electrons. The van der Waals surface area contributed by atoms with E-state index in [-0.39, 0.29) is 30.9 Å². The molecule has 2 heterocycles. The molecule has 0 unspecified atom stereocenters. The fraction of sp³-hybridized carbons (Fsp3) is 0.318. The number of pyridine rings is 1. The Morgan fingerprint density at radius 3 is 2.66 bits per heavy atom. The average molecular weight is 395 g/mol. The molecule has 1 aromatic carbocycles. The zero-order valence-electron chi connectivity index (χ0n) is 16.2. The highest BCUT2D eigenvalue weighted by molar-refractivity contribution is 5.94. The molecule has 0 spiro atoms. The summed E-state index contributed by atoms with van der Waals surface area (Å²) in [6.07, 6.45) is 5.59. The monoisotopic (exact) mass is 395 g/mol. The molecule has 0 saturated heterocycles. The van der Waals surface area contributed by atoms with Gasteiger partial charge in [-0.2, -0.15) is 0 Å². The van der Waals surface area contributed by atoms with Gasteiger partial charge in [0.15, 0.2) is 0 Å². The van der Waals surface area contributed by atoms with E-state index in [0.717, 1.165) is 5.56 Å². The number of rotatable bonds is 7. The van der Waals surface area contributed by atoms with Gasteiger partial charge in [-0.05, 0) is 24.6 Å². The molecule has 2 aromatic rings. The van der Waals surface area contributed by atoms with E-state index in [1.54, 1.807) is 30.5 Å². The van der Waals surface area contributed by atoms with Gasteiger partial charge in [0.1, 0.15) is 6.10 Å². The molecular weight excluding hydrogens is 370 g/mol. The normalized spacial score (nSPS) is 21.9. The Bertz CT molecular complexity index is 842. The third-order valence-corrected chi connectivity index (χ3v) is 4.75. The van der Waals surface area contributed by atoms with Gasteiger partial charge in [-0.1, -0.05) is 42.5 Å². The lowest BCUT2D eigenvalue weighted by molar-refractivity contribution is -0.126. The van der Waals surface area contributed by atoms with E-state index in [0.29, 0.717) is 5.56 Å². The Morgan fingerprint density at radius 2 is 1.97 bits per heavy atom. The van der Waals surface area contributed by atoms with Crippen molar-refractivity contribution in [3.8, 4) is 0 Å². The van der Waals surface area contributed by atoms with Gasteiger partial charge in [0.25, 0.3) is 5.91 Å². The van der Waals surface area contributed by atoms with E-state index in [4.69, 9.17) is 4.74 Å². The molecule has 7 nitrogen and oxygen atoms in total. The Labute approximate surface area is 169 Å². The molecule has 0 bridgehead atoms. The Morgan fingerprint density at radius 1 is 1.17 bits per heavy atom. The average Bonchev–Trinajstić information content (AvgIpc) is 2.75. The molecule has 0 fully saturated rings. The summed E-state index contributed by atoms with van der Waals surface area (Å²) in [5.41, 5.74) is 1.45. The smallest absolute Gasteiger partial charge is 0.253 e. The van der Waals surface area contributed by atoms with Crippen molar-refractivity contribution in [2.24, 2.45) is 0 Å². The number of aromatic nitrogens is 1. The van der Waals surface area contributed by atoms with Crippen molar-refractivity contribution in [2.45, 2.75) is 37.6 Å². The number of carbonyl (C=O) groups is 2. The predicted molar refractivity (Wildman–Crippen MR) is 108 cm³/mol. The van der Waals surface area contributed by atoms with Crippen LogP contribution in [-0.4, -0.2) is 46.8 Å². The first kappa shape index (κ1) is 20.7. The van der Waals surface area contributed by atoms with Gasteiger partial charge in [0, 0.05) is 12.4 Å². The van der Waals surface area contributed by atoms with Crippen LogP contribution in [0.3, 0.4) is 0 Å². The number of hydrogen-bond donors (Lipinski definition) is 3. The quantitative estimate of drug-likeness (QED) is 0.621. The van der Waals surface area contributed by atoms with Crippen LogP contribution in [0.15, 0.2) is 67.0 Å². The second-order valence-corrected chi connectivity index (χ2v) is 6.93. The molecule has 3 rings (SSSR count). The van der Waals surface area contributed by atoms with E-state index >= 15 is 0 Å². The standard InChI is InChI=1S/C22H25N3O4/c1-15(16-6-3-2-4-7-16)24-21(27)12-18-9-10-19(20(14-26)29-18)25-22(28)17-8-5-11-23-13-17/h2-11,13,15,18-20,26H,12,14H2,1H3,(H,24,27)(H,25,28)/t15-,18-,19+,20+/m1/s1. The van der Waals surface area contributed by atoms with Gasteiger partial charge in [0.2, 0.25) is 5.91 Å². The van der Waals surface area contributed by atoms with Crippen LogP contribution in [0.25, 0.3) is 0 Å². The van der Waals surface area contributed by atoms with Crippen molar-refractivity contribution in [2.75, 3.05) is 6.61 Å². The molecule has 0 radical (unpaired) electrons. The van der Waals surface area contributed by atoms with E-state index < -0.39 is 18.2 Å². The van der Waals surface area contributed by atoms with E-state index in [9.17, 15) is 14.7 Å². The summed E-state index contributed by atoms with van der Waals surface area (Å²) < 4.78 is 5.81. The second-order valence-electron chi connectivity index (χ2n) is 6.93. The van der Waals surface area contributed by atoms with Crippen LogP contribution in [0.4, 0.5) is 0 Å². The first-order chi connectivity index (χ1) is 14.1. The highest BCUT2D eigenvalue weighted by Crippen LogP contribution is 2.17. The van der Waals surface area contributed by atoms with Gasteiger partial charge < -0.3 is 20.5 Å². The van der Waals surface area contributed by atoms with Gasteiger partial charge in [0.05, 0.1) is 36.8 Å². The van der Waals surface area contributed by atoms with Crippen LogP contribution < -0.4 is 10.6 Å². The Hall–Kier alpha value is -3.03. The van der Waals surface area contributed by atoms with E-state index in [2.05, 4.69) is 15.6 Å². The SMILES string of the molecule is C[C@@H](NC(=O)C[C@H]1C=C[C@H](NC(=O)c2cccnc2)[C@H](CO)O1)c1ccccc1. The summed E-state index contributed by atoms with van der Waals surface area (Å²) in [5, 5.41) is 15.4. The van der Waals surface area contributed by atoms with Gasteiger partial charge in [-0.25, -0.2) is 0 Å². The molecule has 1 aromatic heterocycles. The van der Waals surface area contributed by atoms with Gasteiger partial charge >= 0.3 is 0 Å². The number of aliphatic hydroxyl groups is 1. The van der Waals surface area contributed by atoms with Gasteiger partial charge in [-0.3, -0.25) is 14.6 Å². The second kappa shape index (κ2) is 9.95. The minimum Gasteiger partial charge on any atom is -0.394 e.